The molecule has 0 aromatic heterocycles. The molecule has 1 rings (SSSR count). The highest BCUT2D eigenvalue weighted by molar-refractivity contribution is 5.68. The second kappa shape index (κ2) is 14.8. The molecule has 216 valence electrons. The maximum atomic E-state index is 12.5. The lowest BCUT2D eigenvalue weighted by Gasteiger charge is -2.47. The van der Waals surface area contributed by atoms with E-state index in [0.717, 1.165) is 12.6 Å². The Morgan fingerprint density at radius 2 is 1.73 bits per heavy atom. The van der Waals surface area contributed by atoms with Crippen molar-refractivity contribution in [1.82, 2.24) is 10.9 Å². The van der Waals surface area contributed by atoms with Crippen molar-refractivity contribution in [2.75, 3.05) is 13.7 Å². The van der Waals surface area contributed by atoms with Crippen molar-refractivity contribution in [2.24, 2.45) is 0 Å². The SMILES string of the molecule is C/C=C(\C(O)O)C(OC)OC(C(O)OC1C(O)C(O)C(OC(=N)NF)C(O)C1NC=N)C(O)(CC)CO. The van der Waals surface area contributed by atoms with Gasteiger partial charge in [-0.25, -0.2) is 5.41 Å². The van der Waals surface area contributed by atoms with Crippen LogP contribution in [0.3, 0.4) is 0 Å². The summed E-state index contributed by atoms with van der Waals surface area (Å²) in [5.41, 5.74) is -1.60. The van der Waals surface area contributed by atoms with Crippen LogP contribution in [0.4, 0.5) is 4.48 Å². The normalized spacial score (nSPS) is 30.7. The van der Waals surface area contributed by atoms with Gasteiger partial charge in [0.15, 0.2) is 25.0 Å². The molecule has 16 nitrogen and oxygen atoms in total. The topological polar surface area (TPSA) is 271 Å². The fraction of sp³-hybridized carbons (Fsp3) is 0.800. The first kappa shape index (κ1) is 33.0. The summed E-state index contributed by atoms with van der Waals surface area (Å²) < 4.78 is 33.3. The van der Waals surface area contributed by atoms with Crippen LogP contribution in [-0.2, 0) is 18.9 Å². The minimum atomic E-state index is -2.24. The Labute approximate surface area is 211 Å². The number of aliphatic hydroxyl groups excluding tert-OH is 6. The zero-order chi connectivity index (χ0) is 28.5. The lowest BCUT2D eigenvalue weighted by molar-refractivity contribution is -0.309. The van der Waals surface area contributed by atoms with Crippen molar-refractivity contribution >= 4 is 12.4 Å². The molecule has 0 aromatic carbocycles. The third kappa shape index (κ3) is 7.74. The van der Waals surface area contributed by atoms with Crippen LogP contribution >= 0.6 is 0 Å². The quantitative estimate of drug-likeness (QED) is 0.0326. The van der Waals surface area contributed by atoms with Crippen LogP contribution in [0.5, 0.6) is 0 Å². The second-order valence-electron chi connectivity index (χ2n) is 8.21. The predicted molar refractivity (Wildman–Crippen MR) is 121 cm³/mol. The monoisotopic (exact) mass is 544 g/mol. The van der Waals surface area contributed by atoms with Crippen LogP contribution in [0, 0.1) is 10.8 Å². The Kier molecular flexibility index (Phi) is 13.2. The van der Waals surface area contributed by atoms with E-state index in [2.05, 4.69) is 5.32 Å². The van der Waals surface area contributed by atoms with Gasteiger partial charge in [-0.2, -0.15) is 5.54 Å². The van der Waals surface area contributed by atoms with Gasteiger partial charge in [-0.05, 0) is 13.3 Å². The number of ether oxygens (including phenoxy) is 4. The zero-order valence-corrected chi connectivity index (χ0v) is 20.4. The molecule has 12 N–H and O–H groups in total. The molecule has 1 fully saturated rings. The fourth-order valence-electron chi connectivity index (χ4n) is 3.86. The summed E-state index contributed by atoms with van der Waals surface area (Å²) in [4.78, 5) is 0. The third-order valence-electron chi connectivity index (χ3n) is 6.06. The van der Waals surface area contributed by atoms with Gasteiger partial charge in [0, 0.05) is 12.7 Å². The van der Waals surface area contributed by atoms with Gasteiger partial charge in [-0.1, -0.05) is 17.5 Å². The Hall–Kier alpha value is -2.03. The molecule has 0 spiro atoms. The number of hydrogen-bond acceptors (Lipinski definition) is 14. The largest absolute Gasteiger partial charge is 0.455 e. The molecule has 1 aliphatic carbocycles. The number of hydrogen-bond donors (Lipinski definition) is 12. The molecule has 1 saturated carbocycles. The number of halogens is 1. The van der Waals surface area contributed by atoms with Gasteiger partial charge >= 0.3 is 6.02 Å². The third-order valence-corrected chi connectivity index (χ3v) is 6.06. The highest BCUT2D eigenvalue weighted by atomic mass is 19.2. The van der Waals surface area contributed by atoms with Crippen molar-refractivity contribution in [1.29, 1.82) is 10.8 Å². The minimum absolute atomic E-state index is 0.229. The van der Waals surface area contributed by atoms with Crippen molar-refractivity contribution in [2.45, 2.75) is 87.4 Å². The summed E-state index contributed by atoms with van der Waals surface area (Å²) in [7, 11) is 1.12. The van der Waals surface area contributed by atoms with E-state index in [0.29, 0.717) is 6.34 Å². The van der Waals surface area contributed by atoms with Gasteiger partial charge < -0.3 is 65.1 Å². The lowest BCUT2D eigenvalue weighted by Crippen LogP contribution is -2.70. The summed E-state index contributed by atoms with van der Waals surface area (Å²) >= 11 is 0. The van der Waals surface area contributed by atoms with Gasteiger partial charge in [0.25, 0.3) is 0 Å². The Bertz CT molecular complexity index is 759. The number of nitrogens with one attached hydrogen (secondary N) is 4. The van der Waals surface area contributed by atoms with Crippen LogP contribution in [0.1, 0.15) is 20.3 Å². The van der Waals surface area contributed by atoms with Gasteiger partial charge in [0.2, 0.25) is 0 Å². The summed E-state index contributed by atoms with van der Waals surface area (Å²) in [5.74, 6) is 0. The Morgan fingerprint density at radius 1 is 1.14 bits per heavy atom. The molecule has 0 aromatic rings. The number of amidine groups is 1. The molecule has 1 aliphatic rings. The fourth-order valence-corrected chi connectivity index (χ4v) is 3.86. The Balaban J connectivity index is 3.36. The molecule has 0 heterocycles. The van der Waals surface area contributed by atoms with Gasteiger partial charge in [-0.3, -0.25) is 5.41 Å². The van der Waals surface area contributed by atoms with Crippen LogP contribution < -0.4 is 10.9 Å². The average molecular weight is 545 g/mol. The van der Waals surface area contributed by atoms with Gasteiger partial charge in [-0.15, -0.1) is 0 Å². The van der Waals surface area contributed by atoms with Crippen LogP contribution in [0.25, 0.3) is 0 Å². The van der Waals surface area contributed by atoms with Crippen molar-refractivity contribution in [3.8, 4) is 0 Å². The van der Waals surface area contributed by atoms with Crippen LogP contribution in [0.15, 0.2) is 11.6 Å². The molecule has 0 amide bonds. The number of aliphatic hydroxyl groups is 8. The maximum Gasteiger partial charge on any atom is 0.311 e. The predicted octanol–water partition coefficient (Wildman–Crippen LogP) is -4.11. The van der Waals surface area contributed by atoms with E-state index in [1.54, 1.807) is 0 Å². The maximum absolute atomic E-state index is 12.5. The first-order valence-corrected chi connectivity index (χ1v) is 11.2. The molecule has 0 aliphatic heterocycles. The minimum Gasteiger partial charge on any atom is -0.455 e. The average Bonchev–Trinajstić information content (AvgIpc) is 2.88. The smallest absolute Gasteiger partial charge is 0.311 e. The summed E-state index contributed by atoms with van der Waals surface area (Å²) in [5, 5.41) is 99.4. The molecule has 0 saturated heterocycles. The molecule has 37 heavy (non-hydrogen) atoms. The second-order valence-corrected chi connectivity index (χ2v) is 8.21. The van der Waals surface area contributed by atoms with E-state index in [4.69, 9.17) is 29.8 Å². The van der Waals surface area contributed by atoms with Crippen molar-refractivity contribution < 1.29 is 64.3 Å². The van der Waals surface area contributed by atoms with Crippen LogP contribution in [0.2, 0.25) is 0 Å². The highest BCUT2D eigenvalue weighted by Crippen LogP contribution is 2.31. The van der Waals surface area contributed by atoms with E-state index in [-0.39, 0.29) is 12.0 Å². The number of methoxy groups -OCH3 is 1. The summed E-state index contributed by atoms with van der Waals surface area (Å²) in [6.07, 6.45) is -15.5. The van der Waals surface area contributed by atoms with Gasteiger partial charge in [0.05, 0.1) is 19.0 Å². The van der Waals surface area contributed by atoms with Gasteiger partial charge in [0.1, 0.15) is 36.1 Å². The van der Waals surface area contributed by atoms with E-state index >= 15 is 0 Å². The molecule has 0 radical (unpaired) electrons. The standard InChI is InChI=1S/C20H37FN4O12/c1-4-8(16(30)31)18(34-3)37-15(20(33,5-2)6-26)17(32)35-13-9(24-7-22)10(27)14(12(29)11(13)28)36-19(23)25-21/h4,7,9-18,26-33H,5-6H2,1-3H3,(H2,22,24)(H2,23,25)/b8-4+. The lowest BCUT2D eigenvalue weighted by atomic mass is 9.82. The van der Waals surface area contributed by atoms with E-state index in [1.807, 2.05) is 0 Å². The number of allylic oxidation sites excluding steroid dienone is 1. The van der Waals surface area contributed by atoms with Crippen molar-refractivity contribution in [3.63, 3.8) is 0 Å². The first-order chi connectivity index (χ1) is 17.4. The number of rotatable bonds is 14. The molecule has 10 atom stereocenters. The Morgan fingerprint density at radius 3 is 2.16 bits per heavy atom. The summed E-state index contributed by atoms with van der Waals surface area (Å²) in [6, 6.07) is -2.69. The highest BCUT2D eigenvalue weighted by Gasteiger charge is 2.54. The van der Waals surface area contributed by atoms with Crippen LogP contribution in [-0.4, -0.2) is 134 Å². The molecule has 10 unspecified atom stereocenters. The molecule has 17 heteroatoms. The molecular formula is C20H37FN4O12. The molecule has 0 bridgehead atoms. The van der Waals surface area contributed by atoms with E-state index < -0.39 is 79.8 Å². The molecular weight excluding hydrogens is 507 g/mol. The summed E-state index contributed by atoms with van der Waals surface area (Å²) in [6.45, 7) is 1.87. The van der Waals surface area contributed by atoms with E-state index in [9.17, 15) is 45.3 Å². The van der Waals surface area contributed by atoms with E-state index in [1.165, 1.54) is 19.9 Å². The zero-order valence-electron chi connectivity index (χ0n) is 20.4. The van der Waals surface area contributed by atoms with Crippen molar-refractivity contribution in [3.05, 3.63) is 11.6 Å². The first-order valence-electron chi connectivity index (χ1n) is 11.2.